The number of ketones is 1. The molecule has 4 aliphatic rings. The number of rotatable bonds is 29. The Bertz CT molecular complexity index is 2820. The van der Waals surface area contributed by atoms with Crippen molar-refractivity contribution in [2.24, 2.45) is 17.8 Å². The van der Waals surface area contributed by atoms with E-state index in [1.807, 2.05) is 103 Å². The van der Waals surface area contributed by atoms with Gasteiger partial charge in [-0.25, -0.2) is 0 Å². The van der Waals surface area contributed by atoms with Gasteiger partial charge in [-0.05, 0) is 138 Å². The second kappa shape index (κ2) is 30.5. The molecule has 11 atom stereocenters. The number of carbonyl (C=O) groups is 6. The molecule has 4 saturated heterocycles. The van der Waals surface area contributed by atoms with E-state index < -0.39 is 48.1 Å². The van der Waals surface area contributed by atoms with Crippen LogP contribution in [-0.2, 0) is 54.7 Å². The fraction of sp³-hybridized carbons (Fsp3) is 0.576. The number of aliphatic hydroxyl groups excluding tert-OH is 2. The van der Waals surface area contributed by atoms with Crippen LogP contribution in [0.2, 0.25) is 0 Å². The lowest BCUT2D eigenvalue weighted by atomic mass is 9.88. The Morgan fingerprint density at radius 1 is 0.581 bits per heavy atom. The van der Waals surface area contributed by atoms with Crippen molar-refractivity contribution in [2.75, 3.05) is 20.3 Å². The molecule has 0 unspecified atom stereocenters. The van der Waals surface area contributed by atoms with E-state index in [0.29, 0.717) is 95.1 Å². The fourth-order valence-corrected chi connectivity index (χ4v) is 13.7. The van der Waals surface area contributed by atoms with Gasteiger partial charge < -0.3 is 41.3 Å². The zero-order chi connectivity index (χ0) is 60.7. The van der Waals surface area contributed by atoms with Crippen LogP contribution in [0.5, 0.6) is 0 Å². The molecule has 6 N–H and O–H groups in total. The van der Waals surface area contributed by atoms with Crippen LogP contribution in [-0.4, -0.2) is 148 Å². The largest absolute Gasteiger partial charge is 0.396 e. The van der Waals surface area contributed by atoms with Gasteiger partial charge in [-0.2, -0.15) is 0 Å². The maximum absolute atomic E-state index is 14.5. The van der Waals surface area contributed by atoms with Crippen molar-refractivity contribution in [1.29, 1.82) is 0 Å². The van der Waals surface area contributed by atoms with Gasteiger partial charge in [-0.1, -0.05) is 116 Å². The molecule has 20 nitrogen and oxygen atoms in total. The standard InChI is InChI=1S/C66H90N12O8/c1-5-45(6-2)62(82)69-60-48(41-79)28-30-50-32-34-56(77(50)65(60)85)58(81)38-52(46-20-10-8-11-21-46)54-39-75(73-71-54)36-16-14-18-43-24-26-44(27-25-43)19-15-17-37-76-40-55(72-74-76)59(47-22-12-9-13-23-47)68-64(84)57-35-33-51-31-29-49(42-80)61(66(86)78(51)57)70-63(83)53(7-3)67-4/h8-13,20-27,39-40,45,48-53,56-57,59-61,67,79-80H,5-7,14-19,28-38,41-42H2,1-4H3,(H,68,84)(H,69,82)(H,70,83)/t48-,49-,50+,51+,52+,53+,56+,57+,59+,60+,61+/m1/s1. The SMILES string of the molecule is CCC(CC)C(=O)N[C@@H]1C(=O)N2[C@@H](CC[C@@H]1CO)CC[C@H]2C(=O)C[C@@H](c1ccccc1)c1cn(CCCCc2ccc(CCCCn3cc([C@@H](NC(=O)[C@@H]4CC[C@@H]5CC[C@H](CO)[C@H](NC(=O)[C@H](CC)NC)C(=O)N54)c4ccccc4)nn3)cc2)nn1. The zero-order valence-electron chi connectivity index (χ0n) is 50.6. The third kappa shape index (κ3) is 15.1. The van der Waals surface area contributed by atoms with Gasteiger partial charge in [-0.3, -0.25) is 38.1 Å². The zero-order valence-corrected chi connectivity index (χ0v) is 50.6. The van der Waals surface area contributed by atoms with Crippen molar-refractivity contribution in [1.82, 2.24) is 61.1 Å². The number of unbranched alkanes of at least 4 members (excludes halogenated alkanes) is 2. The highest BCUT2D eigenvalue weighted by molar-refractivity contribution is 5.95. The van der Waals surface area contributed by atoms with Crippen LogP contribution in [0.3, 0.4) is 0 Å². The monoisotopic (exact) mass is 1180 g/mol. The number of amides is 5. The second-order valence-electron chi connectivity index (χ2n) is 24.3. The number of Topliss-reactive ketones (excluding diaryl/α,β-unsaturated/α-hetero) is 1. The summed E-state index contributed by atoms with van der Waals surface area (Å²) in [4.78, 5) is 87.3. The molecule has 0 bridgehead atoms. The van der Waals surface area contributed by atoms with E-state index in [1.54, 1.807) is 16.8 Å². The van der Waals surface area contributed by atoms with Crippen LogP contribution >= 0.6 is 0 Å². The van der Waals surface area contributed by atoms with Gasteiger partial charge in [0.2, 0.25) is 29.5 Å². The number of aliphatic hydroxyl groups is 2. The Hall–Kier alpha value is -7.16. The topological polar surface area (TPSA) is 259 Å². The minimum atomic E-state index is -0.938. The van der Waals surface area contributed by atoms with E-state index in [2.05, 4.69) is 66.2 Å². The van der Waals surface area contributed by atoms with Crippen molar-refractivity contribution in [3.63, 3.8) is 0 Å². The quantitative estimate of drug-likeness (QED) is 0.0295. The number of benzene rings is 3. The number of hydrogen-bond donors (Lipinski definition) is 6. The van der Waals surface area contributed by atoms with E-state index in [0.717, 1.165) is 49.7 Å². The molecule has 86 heavy (non-hydrogen) atoms. The Kier molecular flexibility index (Phi) is 22.4. The van der Waals surface area contributed by atoms with Crippen molar-refractivity contribution in [3.05, 3.63) is 131 Å². The van der Waals surface area contributed by atoms with Gasteiger partial charge in [0.05, 0.1) is 30.0 Å². The van der Waals surface area contributed by atoms with E-state index in [-0.39, 0.29) is 78.9 Å². The minimum absolute atomic E-state index is 0.0374. The molecule has 20 heteroatoms. The average molecular weight is 1180 g/mol. The van der Waals surface area contributed by atoms with Gasteiger partial charge in [0.25, 0.3) is 0 Å². The first-order valence-electron chi connectivity index (χ1n) is 31.8. The van der Waals surface area contributed by atoms with Crippen LogP contribution in [0.15, 0.2) is 97.3 Å². The van der Waals surface area contributed by atoms with Crippen molar-refractivity contribution < 1.29 is 39.0 Å². The number of aryl methyl sites for hydroxylation is 4. The second-order valence-corrected chi connectivity index (χ2v) is 24.3. The first-order chi connectivity index (χ1) is 41.9. The molecule has 5 aromatic rings. The van der Waals surface area contributed by atoms with Crippen LogP contribution < -0.4 is 21.3 Å². The lowest BCUT2D eigenvalue weighted by molar-refractivity contribution is -0.144. The molecule has 0 aliphatic carbocycles. The molecular weight excluding hydrogens is 1090 g/mol. The number of likely N-dealkylation sites (N-methyl/N-ethyl adjacent to an activating group) is 1. The van der Waals surface area contributed by atoms with Crippen LogP contribution in [0.4, 0.5) is 0 Å². The molecule has 5 amide bonds. The first kappa shape index (κ1) is 63.3. The molecule has 4 fully saturated rings. The molecule has 9 rings (SSSR count). The predicted octanol–water partition coefficient (Wildman–Crippen LogP) is 6.14. The lowest BCUT2D eigenvalue weighted by Crippen LogP contribution is -2.58. The van der Waals surface area contributed by atoms with Crippen molar-refractivity contribution in [2.45, 2.75) is 204 Å². The fourth-order valence-electron chi connectivity index (χ4n) is 13.7. The lowest BCUT2D eigenvalue weighted by Gasteiger charge is -2.33. The Morgan fingerprint density at radius 3 is 1.59 bits per heavy atom. The van der Waals surface area contributed by atoms with Crippen LogP contribution in [0.1, 0.15) is 169 Å². The summed E-state index contributed by atoms with van der Waals surface area (Å²) in [5.41, 5.74) is 5.60. The molecule has 3 aromatic carbocycles. The minimum Gasteiger partial charge on any atom is -0.396 e. The third-order valence-electron chi connectivity index (χ3n) is 18.9. The molecule has 462 valence electrons. The van der Waals surface area contributed by atoms with Gasteiger partial charge >= 0.3 is 0 Å². The smallest absolute Gasteiger partial charge is 0.246 e. The van der Waals surface area contributed by atoms with Crippen molar-refractivity contribution >= 4 is 35.3 Å². The predicted molar refractivity (Wildman–Crippen MR) is 325 cm³/mol. The maximum atomic E-state index is 14.5. The molecule has 6 heterocycles. The number of fused-ring (bicyclic) bond motifs is 2. The van der Waals surface area contributed by atoms with Crippen LogP contribution in [0, 0.1) is 17.8 Å². The highest BCUT2D eigenvalue weighted by atomic mass is 16.3. The summed E-state index contributed by atoms with van der Waals surface area (Å²) in [6, 6.07) is 23.8. The summed E-state index contributed by atoms with van der Waals surface area (Å²) < 4.78 is 3.68. The summed E-state index contributed by atoms with van der Waals surface area (Å²) in [5.74, 6) is -2.86. The highest BCUT2D eigenvalue weighted by Crippen LogP contribution is 2.38. The summed E-state index contributed by atoms with van der Waals surface area (Å²) in [6.07, 6.45) is 16.2. The molecule has 0 radical (unpaired) electrons. The van der Waals surface area contributed by atoms with Gasteiger partial charge in [0.1, 0.15) is 23.8 Å². The molecule has 4 aliphatic heterocycles. The molecular formula is C66H90N12O8. The summed E-state index contributed by atoms with van der Waals surface area (Å²) in [6.45, 7) is 6.66. The van der Waals surface area contributed by atoms with Gasteiger partial charge in [0, 0.05) is 74.7 Å². The Balaban J connectivity index is 0.740. The van der Waals surface area contributed by atoms with E-state index >= 15 is 0 Å². The number of hydrogen-bond acceptors (Lipinski definition) is 13. The first-order valence-corrected chi connectivity index (χ1v) is 31.8. The third-order valence-corrected chi connectivity index (χ3v) is 18.9. The number of carbonyl (C=O) groups excluding carboxylic acids is 6. The van der Waals surface area contributed by atoms with Gasteiger partial charge in [0.15, 0.2) is 5.78 Å². The van der Waals surface area contributed by atoms with Crippen molar-refractivity contribution in [3.8, 4) is 0 Å². The average Bonchev–Trinajstić information content (AvgIpc) is 2.06. The molecule has 2 aromatic heterocycles. The van der Waals surface area contributed by atoms with E-state index in [9.17, 15) is 39.0 Å². The summed E-state index contributed by atoms with van der Waals surface area (Å²) in [7, 11) is 1.70. The van der Waals surface area contributed by atoms with Gasteiger partial charge in [-0.15, -0.1) is 10.2 Å². The number of nitrogens with one attached hydrogen (secondary N) is 4. The maximum Gasteiger partial charge on any atom is 0.246 e. The summed E-state index contributed by atoms with van der Waals surface area (Å²) in [5, 5.41) is 50.9. The Morgan fingerprint density at radius 2 is 1.07 bits per heavy atom. The number of aromatic nitrogens is 6. The molecule has 0 spiro atoms. The van der Waals surface area contributed by atoms with E-state index in [1.165, 1.54) is 11.1 Å². The Labute approximate surface area is 506 Å². The summed E-state index contributed by atoms with van der Waals surface area (Å²) >= 11 is 0. The highest BCUT2D eigenvalue weighted by Gasteiger charge is 2.50. The normalized spacial score (nSPS) is 23.2. The van der Waals surface area contributed by atoms with E-state index in [4.69, 9.17) is 0 Å². The molecule has 0 saturated carbocycles. The number of nitrogens with zero attached hydrogens (tertiary/aromatic N) is 8. The van der Waals surface area contributed by atoms with Crippen LogP contribution in [0.25, 0.3) is 0 Å².